The van der Waals surface area contributed by atoms with Crippen molar-refractivity contribution in [1.82, 2.24) is 25.5 Å². The Bertz CT molecular complexity index is 1040. The zero-order chi connectivity index (χ0) is 22.4. The number of carbonyl (C=O) groups excluding carboxylic acids is 2. The van der Waals surface area contributed by atoms with E-state index in [1.807, 2.05) is 12.1 Å². The number of benzene rings is 2. The molecule has 3 N–H and O–H groups in total. The molecule has 3 aromatic rings. The van der Waals surface area contributed by atoms with E-state index in [1.165, 1.54) is 4.80 Å². The van der Waals surface area contributed by atoms with Crippen LogP contribution in [0.4, 0.5) is 0 Å². The number of nitrogens with one attached hydrogen (secondary N) is 1. The average molecular weight is 422 g/mol. The van der Waals surface area contributed by atoms with Gasteiger partial charge in [-0.15, -0.1) is 10.2 Å². The third kappa shape index (κ3) is 5.95. The molecule has 0 atom stereocenters. The largest absolute Gasteiger partial charge is 0.426 e. The summed E-state index contributed by atoms with van der Waals surface area (Å²) in [7, 11) is 0. The van der Waals surface area contributed by atoms with Gasteiger partial charge in [-0.05, 0) is 67.9 Å². The molecule has 0 spiro atoms. The van der Waals surface area contributed by atoms with Crippen molar-refractivity contribution in [1.29, 1.82) is 0 Å². The average Bonchev–Trinajstić information content (AvgIpc) is 3.21. The standard InChI is InChI=1S/C22H26N6O3/c1-22(2,3)21(30)31-18-10-8-16(9-11-18)19-25-27-28(26-19)14-15-4-6-17(7-5-15)20(29)24-13-12-23/h4-11H,12-14,23H2,1-3H3,(H,24,29). The van der Waals surface area contributed by atoms with Gasteiger partial charge >= 0.3 is 5.97 Å². The third-order valence-electron chi connectivity index (χ3n) is 4.36. The predicted molar refractivity (Wildman–Crippen MR) is 115 cm³/mol. The number of carbonyl (C=O) groups is 2. The molecule has 9 heteroatoms. The summed E-state index contributed by atoms with van der Waals surface area (Å²) < 4.78 is 5.37. The van der Waals surface area contributed by atoms with E-state index < -0.39 is 5.41 Å². The van der Waals surface area contributed by atoms with E-state index in [4.69, 9.17) is 10.5 Å². The number of amides is 1. The summed E-state index contributed by atoms with van der Waals surface area (Å²) in [5, 5.41) is 15.3. The maximum Gasteiger partial charge on any atom is 0.316 e. The lowest BCUT2D eigenvalue weighted by molar-refractivity contribution is -0.143. The minimum Gasteiger partial charge on any atom is -0.426 e. The summed E-state index contributed by atoms with van der Waals surface area (Å²) in [6.07, 6.45) is 0. The Morgan fingerprint density at radius 3 is 2.35 bits per heavy atom. The van der Waals surface area contributed by atoms with Crippen molar-refractivity contribution >= 4 is 11.9 Å². The highest BCUT2D eigenvalue weighted by molar-refractivity contribution is 5.94. The van der Waals surface area contributed by atoms with Crippen LogP contribution in [0.2, 0.25) is 0 Å². The van der Waals surface area contributed by atoms with E-state index in [9.17, 15) is 9.59 Å². The number of hydrogen-bond acceptors (Lipinski definition) is 7. The van der Waals surface area contributed by atoms with Crippen molar-refractivity contribution in [3.05, 3.63) is 59.7 Å². The Morgan fingerprint density at radius 2 is 1.74 bits per heavy atom. The van der Waals surface area contributed by atoms with Crippen LogP contribution in [0.1, 0.15) is 36.7 Å². The summed E-state index contributed by atoms with van der Waals surface area (Å²) in [4.78, 5) is 25.4. The Balaban J connectivity index is 1.62. The second-order valence-electron chi connectivity index (χ2n) is 8.05. The van der Waals surface area contributed by atoms with Crippen LogP contribution in [-0.2, 0) is 11.3 Å². The number of rotatable bonds is 7. The van der Waals surface area contributed by atoms with E-state index in [0.29, 0.717) is 36.8 Å². The van der Waals surface area contributed by atoms with Gasteiger partial charge < -0.3 is 15.8 Å². The number of ether oxygens (including phenoxy) is 1. The molecule has 3 rings (SSSR count). The van der Waals surface area contributed by atoms with Crippen LogP contribution in [0.3, 0.4) is 0 Å². The molecule has 2 aromatic carbocycles. The van der Waals surface area contributed by atoms with Gasteiger partial charge in [-0.2, -0.15) is 4.80 Å². The maximum absolute atomic E-state index is 12.0. The van der Waals surface area contributed by atoms with Crippen LogP contribution in [0.5, 0.6) is 5.75 Å². The van der Waals surface area contributed by atoms with E-state index in [1.54, 1.807) is 57.2 Å². The molecule has 0 radical (unpaired) electrons. The van der Waals surface area contributed by atoms with Gasteiger partial charge in [0.2, 0.25) is 5.82 Å². The fourth-order valence-electron chi connectivity index (χ4n) is 2.57. The molecule has 1 heterocycles. The first-order chi connectivity index (χ1) is 14.8. The lowest BCUT2D eigenvalue weighted by atomic mass is 9.97. The predicted octanol–water partition coefficient (Wildman–Crippen LogP) is 2.03. The van der Waals surface area contributed by atoms with Gasteiger partial charge in [-0.1, -0.05) is 12.1 Å². The molecule has 0 aliphatic heterocycles. The summed E-state index contributed by atoms with van der Waals surface area (Å²) >= 11 is 0. The van der Waals surface area contributed by atoms with Gasteiger partial charge in [-0.25, -0.2) is 0 Å². The minimum absolute atomic E-state index is 0.158. The molecule has 31 heavy (non-hydrogen) atoms. The summed E-state index contributed by atoms with van der Waals surface area (Å²) in [5.41, 5.74) is 7.08. The monoisotopic (exact) mass is 422 g/mol. The smallest absolute Gasteiger partial charge is 0.316 e. The van der Waals surface area contributed by atoms with Crippen LogP contribution in [0.25, 0.3) is 11.4 Å². The molecule has 1 aromatic heterocycles. The van der Waals surface area contributed by atoms with Crippen LogP contribution < -0.4 is 15.8 Å². The van der Waals surface area contributed by atoms with Crippen LogP contribution in [-0.4, -0.2) is 45.2 Å². The number of esters is 1. The molecule has 0 unspecified atom stereocenters. The van der Waals surface area contributed by atoms with Crippen molar-refractivity contribution < 1.29 is 14.3 Å². The maximum atomic E-state index is 12.0. The molecule has 1 amide bonds. The first kappa shape index (κ1) is 22.1. The normalized spacial score (nSPS) is 11.2. The highest BCUT2D eigenvalue weighted by atomic mass is 16.5. The second-order valence-corrected chi connectivity index (χ2v) is 8.05. The first-order valence-electron chi connectivity index (χ1n) is 9.94. The molecule has 0 aliphatic rings. The molecule has 0 aliphatic carbocycles. The Morgan fingerprint density at radius 1 is 1.06 bits per heavy atom. The molecular formula is C22H26N6O3. The lowest BCUT2D eigenvalue weighted by Crippen LogP contribution is -2.28. The Hall–Kier alpha value is -3.59. The van der Waals surface area contributed by atoms with E-state index in [0.717, 1.165) is 11.1 Å². The van der Waals surface area contributed by atoms with Gasteiger partial charge in [0, 0.05) is 24.2 Å². The van der Waals surface area contributed by atoms with E-state index >= 15 is 0 Å². The topological polar surface area (TPSA) is 125 Å². The number of aromatic nitrogens is 4. The zero-order valence-electron chi connectivity index (χ0n) is 17.8. The molecule has 0 bridgehead atoms. The molecule has 162 valence electrons. The Labute approximate surface area is 180 Å². The van der Waals surface area contributed by atoms with Crippen molar-refractivity contribution in [2.45, 2.75) is 27.3 Å². The summed E-state index contributed by atoms with van der Waals surface area (Å²) in [6.45, 7) is 6.66. The summed E-state index contributed by atoms with van der Waals surface area (Å²) in [6, 6.07) is 14.1. The third-order valence-corrected chi connectivity index (χ3v) is 4.36. The number of hydrogen-bond donors (Lipinski definition) is 2. The molecule has 9 nitrogen and oxygen atoms in total. The second kappa shape index (κ2) is 9.48. The van der Waals surface area contributed by atoms with Gasteiger partial charge in [0.15, 0.2) is 0 Å². The van der Waals surface area contributed by atoms with E-state index in [-0.39, 0.29) is 11.9 Å². The molecule has 0 saturated heterocycles. The van der Waals surface area contributed by atoms with Crippen molar-refractivity contribution in [2.24, 2.45) is 11.1 Å². The fourth-order valence-corrected chi connectivity index (χ4v) is 2.57. The summed E-state index contributed by atoms with van der Waals surface area (Å²) in [5.74, 6) is 0.472. The van der Waals surface area contributed by atoms with Crippen LogP contribution in [0, 0.1) is 5.41 Å². The molecule has 0 saturated carbocycles. The van der Waals surface area contributed by atoms with Gasteiger partial charge in [0.25, 0.3) is 5.91 Å². The highest BCUT2D eigenvalue weighted by Crippen LogP contribution is 2.22. The van der Waals surface area contributed by atoms with Gasteiger partial charge in [0.05, 0.1) is 12.0 Å². The quantitative estimate of drug-likeness (QED) is 0.441. The van der Waals surface area contributed by atoms with E-state index in [2.05, 4.69) is 20.7 Å². The molecular weight excluding hydrogens is 396 g/mol. The van der Waals surface area contributed by atoms with Gasteiger partial charge in [0.1, 0.15) is 5.75 Å². The Kier molecular flexibility index (Phi) is 6.76. The highest BCUT2D eigenvalue weighted by Gasteiger charge is 2.23. The first-order valence-corrected chi connectivity index (χ1v) is 9.94. The molecule has 0 fully saturated rings. The van der Waals surface area contributed by atoms with Crippen LogP contribution >= 0.6 is 0 Å². The fraction of sp³-hybridized carbons (Fsp3) is 0.318. The minimum atomic E-state index is -0.574. The van der Waals surface area contributed by atoms with Crippen molar-refractivity contribution in [2.75, 3.05) is 13.1 Å². The SMILES string of the molecule is CC(C)(C)C(=O)Oc1ccc(-c2nnn(Cc3ccc(C(=O)NCCN)cc3)n2)cc1. The number of tetrazole rings is 1. The van der Waals surface area contributed by atoms with Crippen molar-refractivity contribution in [3.8, 4) is 17.1 Å². The zero-order valence-corrected chi connectivity index (χ0v) is 17.8. The number of nitrogens with two attached hydrogens (primary N) is 1. The number of nitrogens with zero attached hydrogens (tertiary/aromatic N) is 4. The van der Waals surface area contributed by atoms with Gasteiger partial charge in [-0.3, -0.25) is 9.59 Å². The van der Waals surface area contributed by atoms with Crippen molar-refractivity contribution in [3.63, 3.8) is 0 Å². The lowest BCUT2D eigenvalue weighted by Gasteiger charge is -2.16. The van der Waals surface area contributed by atoms with Crippen LogP contribution in [0.15, 0.2) is 48.5 Å².